The number of nitrogens with two attached hydrogens (primary N) is 2. The molecule has 0 aliphatic heterocycles. The topological polar surface area (TPSA) is 119 Å². The summed E-state index contributed by atoms with van der Waals surface area (Å²) in [5, 5.41) is 11.5. The lowest BCUT2D eigenvalue weighted by atomic mass is 10.2. The second-order valence-electron chi connectivity index (χ2n) is 4.26. The molecule has 0 spiro atoms. The number of rotatable bonds is 4. The van der Waals surface area contributed by atoms with Crippen molar-refractivity contribution in [1.82, 2.24) is 4.57 Å². The Balaban J connectivity index is 2.36. The highest BCUT2D eigenvalue weighted by atomic mass is 16.4. The van der Waals surface area contributed by atoms with E-state index in [9.17, 15) is 4.79 Å². The van der Waals surface area contributed by atoms with Crippen LogP contribution in [0.15, 0.2) is 52.7 Å². The van der Waals surface area contributed by atoms with Crippen LogP contribution in [-0.4, -0.2) is 27.9 Å². The average molecular weight is 285 g/mol. The van der Waals surface area contributed by atoms with Gasteiger partial charge in [-0.15, -0.1) is 5.16 Å². The summed E-state index contributed by atoms with van der Waals surface area (Å²) in [6.07, 6.45) is 3.71. The smallest absolute Gasteiger partial charge is 0.280 e. The van der Waals surface area contributed by atoms with E-state index in [1.165, 1.54) is 6.21 Å². The van der Waals surface area contributed by atoms with E-state index in [0.717, 1.165) is 11.4 Å². The minimum atomic E-state index is -0.498. The number of nitrogens with zero attached hydrogens (tertiary/aromatic N) is 3. The van der Waals surface area contributed by atoms with Gasteiger partial charge in [-0.25, -0.2) is 0 Å². The van der Waals surface area contributed by atoms with Crippen LogP contribution in [0.2, 0.25) is 0 Å². The Morgan fingerprint density at radius 2 is 2.10 bits per heavy atom. The van der Waals surface area contributed by atoms with E-state index in [0.29, 0.717) is 12.0 Å². The highest BCUT2D eigenvalue weighted by Crippen LogP contribution is 2.15. The summed E-state index contributed by atoms with van der Waals surface area (Å²) in [7, 11) is 0. The van der Waals surface area contributed by atoms with Gasteiger partial charge < -0.3 is 21.2 Å². The number of hydrogen-bond donors (Lipinski definition) is 3. The van der Waals surface area contributed by atoms with Crippen LogP contribution in [0.25, 0.3) is 5.69 Å². The van der Waals surface area contributed by atoms with E-state index in [-0.39, 0.29) is 5.96 Å². The Bertz CT molecular complexity index is 699. The number of benzene rings is 1. The summed E-state index contributed by atoms with van der Waals surface area (Å²) in [6, 6.07) is 10.7. The van der Waals surface area contributed by atoms with Crippen molar-refractivity contribution >= 4 is 18.1 Å². The van der Waals surface area contributed by atoms with Gasteiger partial charge in [0.15, 0.2) is 5.96 Å². The molecule has 7 heteroatoms. The number of guanidine groups is 1. The molecule has 1 aromatic heterocycles. The van der Waals surface area contributed by atoms with Crippen LogP contribution < -0.4 is 11.5 Å². The van der Waals surface area contributed by atoms with Crippen molar-refractivity contribution < 1.29 is 10.0 Å². The summed E-state index contributed by atoms with van der Waals surface area (Å²) in [5.74, 6) is -0.770. The quantitative estimate of drug-likeness (QED) is 0.334. The first-order valence-electron chi connectivity index (χ1n) is 6.18. The summed E-state index contributed by atoms with van der Waals surface area (Å²) in [4.78, 5) is 15.3. The zero-order valence-electron chi connectivity index (χ0n) is 11.2. The molecule has 0 radical (unpaired) electrons. The molecule has 0 atom stereocenters. The molecule has 0 fully saturated rings. The minimum absolute atomic E-state index is 0.272. The molecule has 1 heterocycles. The first-order valence-corrected chi connectivity index (χ1v) is 6.18. The molecule has 0 bridgehead atoms. The Morgan fingerprint density at radius 1 is 1.29 bits per heavy atom. The van der Waals surface area contributed by atoms with E-state index in [4.69, 9.17) is 16.7 Å². The first kappa shape index (κ1) is 14.3. The summed E-state index contributed by atoms with van der Waals surface area (Å²) in [6.45, 7) is 0. The van der Waals surface area contributed by atoms with Gasteiger partial charge in [-0.3, -0.25) is 4.79 Å². The van der Waals surface area contributed by atoms with Crippen LogP contribution in [-0.2, 0) is 6.42 Å². The number of amides is 1. The molecule has 108 valence electrons. The molecule has 5 N–H and O–H groups in total. The van der Waals surface area contributed by atoms with Crippen molar-refractivity contribution in [2.24, 2.45) is 21.6 Å². The van der Waals surface area contributed by atoms with Gasteiger partial charge in [0, 0.05) is 35.8 Å². The van der Waals surface area contributed by atoms with Gasteiger partial charge in [-0.05, 0) is 30.3 Å². The molecule has 0 unspecified atom stereocenters. The van der Waals surface area contributed by atoms with Crippen molar-refractivity contribution in [3.05, 3.63) is 53.9 Å². The summed E-state index contributed by atoms with van der Waals surface area (Å²) < 4.78 is 1.88. The molecule has 7 nitrogen and oxygen atoms in total. The zero-order valence-corrected chi connectivity index (χ0v) is 11.2. The zero-order chi connectivity index (χ0) is 15.2. The maximum atomic E-state index is 11.8. The van der Waals surface area contributed by atoms with E-state index in [2.05, 4.69) is 10.1 Å². The Labute approximate surface area is 121 Å². The fourth-order valence-electron chi connectivity index (χ4n) is 1.94. The lowest BCUT2D eigenvalue weighted by Crippen LogP contribution is -2.24. The van der Waals surface area contributed by atoms with E-state index in [1.54, 1.807) is 18.2 Å². The van der Waals surface area contributed by atoms with Gasteiger partial charge in [0.25, 0.3) is 5.91 Å². The highest BCUT2D eigenvalue weighted by molar-refractivity contribution is 6.02. The molecule has 1 aromatic carbocycles. The summed E-state index contributed by atoms with van der Waals surface area (Å²) >= 11 is 0. The van der Waals surface area contributed by atoms with Crippen LogP contribution >= 0.6 is 0 Å². The van der Waals surface area contributed by atoms with Gasteiger partial charge in [0.05, 0.1) is 0 Å². The number of oxime groups is 1. The molecular weight excluding hydrogens is 270 g/mol. The van der Waals surface area contributed by atoms with Crippen LogP contribution in [0, 0.1) is 0 Å². The van der Waals surface area contributed by atoms with Crippen molar-refractivity contribution in [3.8, 4) is 5.69 Å². The molecule has 21 heavy (non-hydrogen) atoms. The van der Waals surface area contributed by atoms with Crippen LogP contribution in [0.1, 0.15) is 16.1 Å². The number of aliphatic imine (C=N–C) groups is 1. The SMILES string of the molecule is NC(N)=NC(=O)c1cccc(-n2cccc2CC=NO)c1. The lowest BCUT2D eigenvalue weighted by molar-refractivity contribution is 0.100. The standard InChI is InChI=1S/C14H15N5O2/c15-14(16)18-13(20)10-3-1-4-12(9-10)19-8-2-5-11(19)6-7-17-21/h1-5,7-9,21H,6H2,(H4,15,16,18,20). The Hall–Kier alpha value is -3.09. The monoisotopic (exact) mass is 285 g/mol. The van der Waals surface area contributed by atoms with Gasteiger partial charge >= 0.3 is 0 Å². The lowest BCUT2D eigenvalue weighted by Gasteiger charge is -2.08. The second-order valence-corrected chi connectivity index (χ2v) is 4.26. The molecule has 2 aromatic rings. The first-order chi connectivity index (χ1) is 10.1. The third-order valence-corrected chi connectivity index (χ3v) is 2.82. The van der Waals surface area contributed by atoms with Gasteiger partial charge in [0.2, 0.25) is 0 Å². The largest absolute Gasteiger partial charge is 0.411 e. The maximum Gasteiger partial charge on any atom is 0.280 e. The van der Waals surface area contributed by atoms with E-state index in [1.807, 2.05) is 29.0 Å². The molecule has 0 aliphatic rings. The Kier molecular flexibility index (Phi) is 4.35. The van der Waals surface area contributed by atoms with Gasteiger partial charge in [-0.2, -0.15) is 4.99 Å². The second kappa shape index (κ2) is 6.38. The molecular formula is C14H15N5O2. The summed E-state index contributed by atoms with van der Waals surface area (Å²) in [5.41, 5.74) is 12.5. The van der Waals surface area contributed by atoms with Crippen molar-refractivity contribution in [3.63, 3.8) is 0 Å². The van der Waals surface area contributed by atoms with Gasteiger partial charge in [-0.1, -0.05) is 6.07 Å². The van der Waals surface area contributed by atoms with E-state index >= 15 is 0 Å². The van der Waals surface area contributed by atoms with Crippen LogP contribution in [0.4, 0.5) is 0 Å². The molecule has 0 aliphatic carbocycles. The fraction of sp³-hybridized carbons (Fsp3) is 0.0714. The van der Waals surface area contributed by atoms with Gasteiger partial charge in [0.1, 0.15) is 0 Å². The number of carbonyl (C=O) groups is 1. The van der Waals surface area contributed by atoms with E-state index < -0.39 is 5.91 Å². The Morgan fingerprint density at radius 3 is 2.81 bits per heavy atom. The maximum absolute atomic E-state index is 11.8. The minimum Gasteiger partial charge on any atom is -0.411 e. The predicted molar refractivity (Wildman–Crippen MR) is 79.9 cm³/mol. The fourth-order valence-corrected chi connectivity index (χ4v) is 1.94. The normalized spacial score (nSPS) is 10.7. The molecule has 0 saturated heterocycles. The molecule has 2 rings (SSSR count). The average Bonchev–Trinajstić information content (AvgIpc) is 2.93. The number of hydrogen-bond acceptors (Lipinski definition) is 3. The molecule has 0 saturated carbocycles. The van der Waals surface area contributed by atoms with Crippen molar-refractivity contribution in [2.75, 3.05) is 0 Å². The van der Waals surface area contributed by atoms with Crippen LogP contribution in [0.3, 0.4) is 0 Å². The highest BCUT2D eigenvalue weighted by Gasteiger charge is 2.08. The van der Waals surface area contributed by atoms with Crippen molar-refractivity contribution in [1.29, 1.82) is 0 Å². The third kappa shape index (κ3) is 3.47. The predicted octanol–water partition coefficient (Wildman–Crippen LogP) is 0.893. The number of carbonyl (C=O) groups excluding carboxylic acids is 1. The number of aromatic nitrogens is 1. The van der Waals surface area contributed by atoms with Crippen molar-refractivity contribution in [2.45, 2.75) is 6.42 Å². The molecule has 1 amide bonds. The van der Waals surface area contributed by atoms with Crippen LogP contribution in [0.5, 0.6) is 0 Å². The third-order valence-electron chi connectivity index (χ3n) is 2.82.